The van der Waals surface area contributed by atoms with Crippen LogP contribution in [0.5, 0.6) is 11.5 Å². The predicted molar refractivity (Wildman–Crippen MR) is 166 cm³/mol. The van der Waals surface area contributed by atoms with Gasteiger partial charge in [-0.3, -0.25) is 4.90 Å². The van der Waals surface area contributed by atoms with Gasteiger partial charge in [0.25, 0.3) is 0 Å². The summed E-state index contributed by atoms with van der Waals surface area (Å²) in [5.74, 6) is 2.56. The first-order valence-corrected chi connectivity index (χ1v) is 16.5. The Kier molecular flexibility index (Phi) is 4.90. The number of benzene rings is 5. The Morgan fingerprint density at radius 2 is 1.12 bits per heavy atom. The van der Waals surface area contributed by atoms with Crippen LogP contribution in [0, 0.1) is 0 Å². The fourth-order valence-electron chi connectivity index (χ4n) is 6.23. The lowest BCUT2D eigenvalue weighted by atomic mass is 10.1. The van der Waals surface area contributed by atoms with E-state index in [1.165, 1.54) is 21.7 Å². The van der Waals surface area contributed by atoms with Crippen LogP contribution in [0.2, 0.25) is 13.1 Å². The molecule has 6 aromatic rings. The van der Waals surface area contributed by atoms with Crippen LogP contribution in [0.4, 0.5) is 34.3 Å². The van der Waals surface area contributed by atoms with E-state index in [-0.39, 0.29) is 0 Å². The molecule has 0 atom stereocenters. The van der Waals surface area contributed by atoms with Crippen molar-refractivity contribution in [3.8, 4) is 11.5 Å². The van der Waals surface area contributed by atoms with E-state index in [0.717, 1.165) is 45.3 Å². The normalized spacial score (nSPS) is 14.6. The number of fused-ring (bicyclic) bond motifs is 5. The fraction of sp³-hybridized carbons (Fsp3) is 0.0588. The molecule has 8 rings (SSSR count). The highest BCUT2D eigenvalue weighted by molar-refractivity contribution is 7.02. The van der Waals surface area contributed by atoms with Crippen LogP contribution >= 0.6 is 0 Å². The van der Waals surface area contributed by atoms with E-state index in [9.17, 15) is 0 Å². The SMILES string of the molecule is C[Si]1(C)c2ccccc2N(c2ncnc3cc(N4c5ccccc5Oc5ccccc54)ccc23)c2ccccc21. The Hall–Kier alpha value is -4.94. The third-order valence-electron chi connectivity index (χ3n) is 8.14. The number of anilines is 6. The Labute approximate surface area is 234 Å². The van der Waals surface area contributed by atoms with Gasteiger partial charge in [-0.2, -0.15) is 0 Å². The maximum absolute atomic E-state index is 6.23. The third kappa shape index (κ3) is 3.26. The molecule has 0 fully saturated rings. The van der Waals surface area contributed by atoms with Gasteiger partial charge in [0, 0.05) is 22.4 Å². The van der Waals surface area contributed by atoms with Crippen LogP contribution in [-0.4, -0.2) is 18.0 Å². The Morgan fingerprint density at radius 1 is 0.575 bits per heavy atom. The first-order chi connectivity index (χ1) is 19.6. The Balaban J connectivity index is 1.33. The van der Waals surface area contributed by atoms with Crippen molar-refractivity contribution >= 4 is 63.6 Å². The van der Waals surface area contributed by atoms with Crippen LogP contribution in [-0.2, 0) is 0 Å². The first kappa shape index (κ1) is 23.0. The average molecular weight is 535 g/mol. The van der Waals surface area contributed by atoms with Crippen molar-refractivity contribution in [1.82, 2.24) is 9.97 Å². The van der Waals surface area contributed by atoms with Gasteiger partial charge in [-0.15, -0.1) is 0 Å². The lowest BCUT2D eigenvalue weighted by Crippen LogP contribution is -2.58. The summed E-state index contributed by atoms with van der Waals surface area (Å²) in [6.45, 7) is 4.87. The molecule has 0 amide bonds. The van der Waals surface area contributed by atoms with Crippen molar-refractivity contribution < 1.29 is 4.74 Å². The van der Waals surface area contributed by atoms with Gasteiger partial charge in [-0.05, 0) is 65.0 Å². The summed E-state index contributed by atoms with van der Waals surface area (Å²) in [5, 5.41) is 3.84. The monoisotopic (exact) mass is 534 g/mol. The number of hydrogen-bond acceptors (Lipinski definition) is 5. The molecule has 0 saturated heterocycles. The summed E-state index contributed by atoms with van der Waals surface area (Å²) in [6, 6.07) is 40.4. The molecule has 1 aromatic heterocycles. The van der Waals surface area contributed by atoms with Crippen molar-refractivity contribution in [2.75, 3.05) is 9.80 Å². The number of aromatic nitrogens is 2. The van der Waals surface area contributed by atoms with E-state index in [4.69, 9.17) is 14.7 Å². The molecule has 40 heavy (non-hydrogen) atoms. The maximum atomic E-state index is 6.23. The zero-order valence-electron chi connectivity index (χ0n) is 22.2. The van der Waals surface area contributed by atoms with E-state index in [1.54, 1.807) is 6.33 Å². The molecule has 6 heteroatoms. The molecular weight excluding hydrogens is 508 g/mol. The molecule has 3 heterocycles. The molecule has 0 saturated carbocycles. The zero-order valence-corrected chi connectivity index (χ0v) is 23.2. The number of para-hydroxylation sites is 6. The molecule has 192 valence electrons. The second-order valence-corrected chi connectivity index (χ2v) is 15.1. The largest absolute Gasteiger partial charge is 0.453 e. The Bertz CT molecular complexity index is 1860. The molecular formula is C34H26N4OSi. The van der Waals surface area contributed by atoms with Crippen LogP contribution in [0.25, 0.3) is 10.9 Å². The van der Waals surface area contributed by atoms with Crippen molar-refractivity contribution in [3.63, 3.8) is 0 Å². The van der Waals surface area contributed by atoms with Gasteiger partial charge in [0.15, 0.2) is 11.5 Å². The summed E-state index contributed by atoms with van der Waals surface area (Å²) in [4.78, 5) is 14.2. The highest BCUT2D eigenvalue weighted by Gasteiger charge is 2.39. The minimum Gasteiger partial charge on any atom is -0.453 e. The van der Waals surface area contributed by atoms with Crippen molar-refractivity contribution in [2.45, 2.75) is 13.1 Å². The highest BCUT2D eigenvalue weighted by atomic mass is 28.3. The van der Waals surface area contributed by atoms with E-state index in [2.05, 4.69) is 102 Å². The lowest BCUT2D eigenvalue weighted by Gasteiger charge is -2.40. The molecule has 2 aliphatic heterocycles. The first-order valence-electron chi connectivity index (χ1n) is 13.5. The summed E-state index contributed by atoms with van der Waals surface area (Å²) in [5.41, 5.74) is 6.33. The van der Waals surface area contributed by atoms with Gasteiger partial charge in [-0.25, -0.2) is 9.97 Å². The average Bonchev–Trinajstić information content (AvgIpc) is 3.00. The van der Waals surface area contributed by atoms with Crippen molar-refractivity contribution in [2.24, 2.45) is 0 Å². The minimum atomic E-state index is -1.88. The van der Waals surface area contributed by atoms with Crippen molar-refractivity contribution in [1.29, 1.82) is 0 Å². The van der Waals surface area contributed by atoms with Gasteiger partial charge in [0.1, 0.15) is 20.2 Å². The number of ether oxygens (including phenoxy) is 1. The molecule has 0 bridgehead atoms. The third-order valence-corrected chi connectivity index (χ3v) is 11.7. The van der Waals surface area contributed by atoms with Gasteiger partial charge < -0.3 is 9.64 Å². The molecule has 2 aliphatic rings. The highest BCUT2D eigenvalue weighted by Crippen LogP contribution is 2.50. The number of rotatable bonds is 2. The molecule has 0 spiro atoms. The van der Waals surface area contributed by atoms with Crippen molar-refractivity contribution in [3.05, 3.63) is 122 Å². The van der Waals surface area contributed by atoms with Crippen LogP contribution in [0.1, 0.15) is 0 Å². The fourth-order valence-corrected chi connectivity index (χ4v) is 9.22. The van der Waals surface area contributed by atoms with E-state index >= 15 is 0 Å². The van der Waals surface area contributed by atoms with Crippen LogP contribution in [0.15, 0.2) is 122 Å². The number of nitrogens with zero attached hydrogens (tertiary/aromatic N) is 4. The quantitative estimate of drug-likeness (QED) is 0.212. The Morgan fingerprint density at radius 3 is 1.75 bits per heavy atom. The summed E-state index contributed by atoms with van der Waals surface area (Å²) in [7, 11) is -1.88. The molecule has 0 radical (unpaired) electrons. The maximum Gasteiger partial charge on any atom is 0.151 e. The summed E-state index contributed by atoms with van der Waals surface area (Å²) >= 11 is 0. The number of hydrogen-bond donors (Lipinski definition) is 0. The zero-order chi connectivity index (χ0) is 26.8. The molecule has 0 unspecified atom stereocenters. The second-order valence-electron chi connectivity index (χ2n) is 10.8. The van der Waals surface area contributed by atoms with E-state index < -0.39 is 8.07 Å². The van der Waals surface area contributed by atoms with Crippen LogP contribution in [0.3, 0.4) is 0 Å². The standard InChI is InChI=1S/C34H26N4OSi/c1-40(2)32-17-9-5-13-28(32)38(29-14-6-10-18-33(29)40)34-24-20-19-23(21-25(24)35-22-36-34)37-26-11-3-7-15-30(26)39-31-16-8-4-12-27(31)37/h3-22H,1-2H3. The lowest BCUT2D eigenvalue weighted by molar-refractivity contribution is 0.477. The van der Waals surface area contributed by atoms with Gasteiger partial charge >= 0.3 is 0 Å². The van der Waals surface area contributed by atoms with Gasteiger partial charge in [0.05, 0.1) is 16.9 Å². The molecule has 5 nitrogen and oxygen atoms in total. The van der Waals surface area contributed by atoms with Crippen LogP contribution < -0.4 is 24.9 Å². The van der Waals surface area contributed by atoms with E-state index in [0.29, 0.717) is 0 Å². The molecule has 0 aliphatic carbocycles. The summed E-state index contributed by atoms with van der Waals surface area (Å²) < 4.78 is 6.23. The van der Waals surface area contributed by atoms with Gasteiger partial charge in [0.2, 0.25) is 0 Å². The van der Waals surface area contributed by atoms with E-state index in [1.807, 2.05) is 36.4 Å². The smallest absolute Gasteiger partial charge is 0.151 e. The van der Waals surface area contributed by atoms with Gasteiger partial charge in [-0.1, -0.05) is 73.8 Å². The summed E-state index contributed by atoms with van der Waals surface area (Å²) in [6.07, 6.45) is 1.69. The minimum absolute atomic E-state index is 0.831. The molecule has 0 N–H and O–H groups in total. The second kappa shape index (κ2) is 8.53. The topological polar surface area (TPSA) is 41.5 Å². The predicted octanol–water partition coefficient (Wildman–Crippen LogP) is 7.81. The molecule has 5 aromatic carbocycles.